The van der Waals surface area contributed by atoms with Crippen LogP contribution in [0.15, 0.2) is 18.2 Å². The average molecular weight is 248 g/mol. The van der Waals surface area contributed by atoms with Crippen LogP contribution in [0.4, 0.5) is 0 Å². The van der Waals surface area contributed by atoms with E-state index < -0.39 is 0 Å². The second kappa shape index (κ2) is 6.21. The number of ether oxygens (including phenoxy) is 1. The Labute approximate surface area is 110 Å². The second-order valence-corrected chi connectivity index (χ2v) is 5.27. The van der Waals surface area contributed by atoms with Crippen LogP contribution in [0.5, 0.6) is 5.75 Å². The van der Waals surface area contributed by atoms with Gasteiger partial charge in [-0.3, -0.25) is 4.90 Å². The number of nitrogens with one attached hydrogen (secondary N) is 1. The average Bonchev–Trinajstić information content (AvgIpc) is 2.34. The molecule has 0 aromatic heterocycles. The third-order valence-electron chi connectivity index (χ3n) is 3.46. The fraction of sp³-hybridized carbons (Fsp3) is 0.600. The summed E-state index contributed by atoms with van der Waals surface area (Å²) >= 11 is 0. The molecule has 1 heterocycles. The summed E-state index contributed by atoms with van der Waals surface area (Å²) in [5, 5.41) is 3.45. The minimum absolute atomic E-state index is 0.597. The minimum atomic E-state index is 0.597. The highest BCUT2D eigenvalue weighted by atomic mass is 16.5. The monoisotopic (exact) mass is 248 g/mol. The molecular weight excluding hydrogens is 224 g/mol. The largest absolute Gasteiger partial charge is 0.492 e. The van der Waals surface area contributed by atoms with Crippen LogP contribution in [-0.4, -0.2) is 43.7 Å². The van der Waals surface area contributed by atoms with E-state index in [4.69, 9.17) is 4.74 Å². The number of rotatable bonds is 4. The van der Waals surface area contributed by atoms with E-state index in [2.05, 4.69) is 49.2 Å². The van der Waals surface area contributed by atoms with Crippen molar-refractivity contribution in [2.75, 3.05) is 32.8 Å². The molecule has 0 bridgehead atoms. The zero-order valence-electron chi connectivity index (χ0n) is 11.7. The standard InChI is InChI=1S/C15H24N2O/c1-12-4-5-13(2)15(10-12)18-9-8-17-7-6-16-14(3)11-17/h4-5,10,14,16H,6-9,11H2,1-3H3/t14-/m0/s1. The van der Waals surface area contributed by atoms with Crippen molar-refractivity contribution in [3.63, 3.8) is 0 Å². The number of aryl methyl sites for hydroxylation is 2. The van der Waals surface area contributed by atoms with Crippen LogP contribution in [0.3, 0.4) is 0 Å². The van der Waals surface area contributed by atoms with Crippen molar-refractivity contribution in [2.45, 2.75) is 26.8 Å². The zero-order chi connectivity index (χ0) is 13.0. The Morgan fingerprint density at radius 3 is 3.00 bits per heavy atom. The molecule has 1 aromatic carbocycles. The third-order valence-corrected chi connectivity index (χ3v) is 3.46. The molecule has 0 amide bonds. The van der Waals surface area contributed by atoms with Crippen LogP contribution in [0.2, 0.25) is 0 Å². The van der Waals surface area contributed by atoms with Crippen molar-refractivity contribution >= 4 is 0 Å². The molecule has 0 spiro atoms. The summed E-state index contributed by atoms with van der Waals surface area (Å²) in [6, 6.07) is 6.97. The molecule has 0 radical (unpaired) electrons. The van der Waals surface area contributed by atoms with Crippen LogP contribution in [0.25, 0.3) is 0 Å². The van der Waals surface area contributed by atoms with Crippen molar-refractivity contribution < 1.29 is 4.74 Å². The number of piperazine rings is 1. The van der Waals surface area contributed by atoms with Gasteiger partial charge in [-0.05, 0) is 38.0 Å². The molecule has 1 atom stereocenters. The van der Waals surface area contributed by atoms with E-state index in [0.717, 1.165) is 38.5 Å². The van der Waals surface area contributed by atoms with Crippen molar-refractivity contribution in [3.8, 4) is 5.75 Å². The molecule has 100 valence electrons. The second-order valence-electron chi connectivity index (χ2n) is 5.27. The summed E-state index contributed by atoms with van der Waals surface area (Å²) in [4.78, 5) is 2.46. The Morgan fingerprint density at radius 2 is 2.22 bits per heavy atom. The number of benzene rings is 1. The zero-order valence-corrected chi connectivity index (χ0v) is 11.7. The highest BCUT2D eigenvalue weighted by molar-refractivity contribution is 5.35. The lowest BCUT2D eigenvalue weighted by atomic mass is 10.1. The lowest BCUT2D eigenvalue weighted by Gasteiger charge is -2.31. The topological polar surface area (TPSA) is 24.5 Å². The maximum Gasteiger partial charge on any atom is 0.122 e. The van der Waals surface area contributed by atoms with E-state index in [-0.39, 0.29) is 0 Å². The Hall–Kier alpha value is -1.06. The number of hydrogen-bond acceptors (Lipinski definition) is 3. The van der Waals surface area contributed by atoms with Crippen molar-refractivity contribution in [3.05, 3.63) is 29.3 Å². The molecule has 1 fully saturated rings. The molecule has 1 aromatic rings. The van der Waals surface area contributed by atoms with Gasteiger partial charge in [0.15, 0.2) is 0 Å². The lowest BCUT2D eigenvalue weighted by Crippen LogP contribution is -2.50. The van der Waals surface area contributed by atoms with Gasteiger partial charge in [0, 0.05) is 32.2 Å². The number of hydrogen-bond donors (Lipinski definition) is 1. The predicted molar refractivity (Wildman–Crippen MR) is 75.3 cm³/mol. The fourth-order valence-electron chi connectivity index (χ4n) is 2.36. The van der Waals surface area contributed by atoms with E-state index in [1.165, 1.54) is 11.1 Å². The smallest absolute Gasteiger partial charge is 0.122 e. The van der Waals surface area contributed by atoms with Gasteiger partial charge < -0.3 is 10.1 Å². The van der Waals surface area contributed by atoms with Gasteiger partial charge in [0.05, 0.1) is 0 Å². The first-order valence-corrected chi connectivity index (χ1v) is 6.81. The van der Waals surface area contributed by atoms with Gasteiger partial charge in [0.1, 0.15) is 12.4 Å². The SMILES string of the molecule is Cc1ccc(C)c(OCCN2CCN[C@@H](C)C2)c1. The highest BCUT2D eigenvalue weighted by Crippen LogP contribution is 2.18. The summed E-state index contributed by atoms with van der Waals surface area (Å²) in [5.41, 5.74) is 2.47. The minimum Gasteiger partial charge on any atom is -0.492 e. The Balaban J connectivity index is 1.79. The van der Waals surface area contributed by atoms with Crippen LogP contribution in [0.1, 0.15) is 18.1 Å². The molecule has 1 aliphatic heterocycles. The van der Waals surface area contributed by atoms with Gasteiger partial charge in [0.25, 0.3) is 0 Å². The molecule has 0 saturated carbocycles. The van der Waals surface area contributed by atoms with E-state index in [1.54, 1.807) is 0 Å². The van der Waals surface area contributed by atoms with Crippen LogP contribution in [-0.2, 0) is 0 Å². The summed E-state index contributed by atoms with van der Waals surface area (Å²) in [7, 11) is 0. The van der Waals surface area contributed by atoms with Crippen LogP contribution in [0, 0.1) is 13.8 Å². The fourth-order valence-corrected chi connectivity index (χ4v) is 2.36. The molecule has 3 heteroatoms. The highest BCUT2D eigenvalue weighted by Gasteiger charge is 2.14. The van der Waals surface area contributed by atoms with Crippen LogP contribution < -0.4 is 10.1 Å². The van der Waals surface area contributed by atoms with E-state index in [1.807, 2.05) is 0 Å². The molecule has 1 N–H and O–H groups in total. The van der Waals surface area contributed by atoms with E-state index in [0.29, 0.717) is 6.04 Å². The van der Waals surface area contributed by atoms with Crippen molar-refractivity contribution in [2.24, 2.45) is 0 Å². The first kappa shape index (κ1) is 13.4. The summed E-state index contributed by atoms with van der Waals surface area (Å²) in [5.74, 6) is 1.03. The molecule has 3 nitrogen and oxygen atoms in total. The van der Waals surface area contributed by atoms with Crippen molar-refractivity contribution in [1.29, 1.82) is 0 Å². The Morgan fingerprint density at radius 1 is 1.39 bits per heavy atom. The summed E-state index contributed by atoms with van der Waals surface area (Å²) < 4.78 is 5.89. The van der Waals surface area contributed by atoms with Gasteiger partial charge >= 0.3 is 0 Å². The van der Waals surface area contributed by atoms with E-state index in [9.17, 15) is 0 Å². The molecule has 0 aliphatic carbocycles. The maximum atomic E-state index is 5.89. The van der Waals surface area contributed by atoms with Gasteiger partial charge in [-0.2, -0.15) is 0 Å². The molecule has 0 unspecified atom stereocenters. The lowest BCUT2D eigenvalue weighted by molar-refractivity contribution is 0.170. The van der Waals surface area contributed by atoms with E-state index >= 15 is 0 Å². The molecule has 1 saturated heterocycles. The molecule has 18 heavy (non-hydrogen) atoms. The number of nitrogens with zero attached hydrogens (tertiary/aromatic N) is 1. The Kier molecular flexibility index (Phi) is 4.61. The van der Waals surface area contributed by atoms with Crippen molar-refractivity contribution in [1.82, 2.24) is 10.2 Å². The summed E-state index contributed by atoms with van der Waals surface area (Å²) in [6.07, 6.45) is 0. The molecular formula is C15H24N2O. The molecule has 1 aliphatic rings. The van der Waals surface area contributed by atoms with Gasteiger partial charge in [-0.25, -0.2) is 0 Å². The first-order chi connectivity index (χ1) is 8.65. The van der Waals surface area contributed by atoms with Gasteiger partial charge in [-0.1, -0.05) is 12.1 Å². The first-order valence-electron chi connectivity index (χ1n) is 6.81. The predicted octanol–water partition coefficient (Wildman–Crippen LogP) is 1.98. The third kappa shape index (κ3) is 3.72. The normalized spacial score (nSPS) is 20.9. The van der Waals surface area contributed by atoms with Crippen LogP contribution >= 0.6 is 0 Å². The van der Waals surface area contributed by atoms with Gasteiger partial charge in [0.2, 0.25) is 0 Å². The maximum absolute atomic E-state index is 5.89. The Bertz CT molecular complexity index is 392. The summed E-state index contributed by atoms with van der Waals surface area (Å²) in [6.45, 7) is 11.6. The molecule has 2 rings (SSSR count). The quantitative estimate of drug-likeness (QED) is 0.882. The van der Waals surface area contributed by atoms with Gasteiger partial charge in [-0.15, -0.1) is 0 Å².